The zero-order chi connectivity index (χ0) is 25.1. The molecule has 34 heavy (non-hydrogen) atoms. The van der Waals surface area contributed by atoms with Crippen LogP contribution in [0.5, 0.6) is 0 Å². The van der Waals surface area contributed by atoms with Crippen molar-refractivity contribution in [3.05, 3.63) is 0 Å². The Balaban J connectivity index is 2.37. The normalized spacial score (nSPS) is 18.2. The minimum atomic E-state index is -0.322. The summed E-state index contributed by atoms with van der Waals surface area (Å²) in [6, 6.07) is 0. The third-order valence-electron chi connectivity index (χ3n) is 7.44. The van der Waals surface area contributed by atoms with Gasteiger partial charge in [-0.3, -0.25) is 0 Å². The van der Waals surface area contributed by atoms with Crippen molar-refractivity contribution in [3.8, 4) is 0 Å². The third-order valence-corrected chi connectivity index (χ3v) is 7.44. The van der Waals surface area contributed by atoms with E-state index in [0.717, 1.165) is 42.5 Å². The van der Waals surface area contributed by atoms with Crippen molar-refractivity contribution in [3.63, 3.8) is 0 Å². The quantitative estimate of drug-likeness (QED) is 0.0954. The highest BCUT2D eigenvalue weighted by atomic mass is 16.7. The Kier molecular flexibility index (Phi) is 18.7. The zero-order valence-corrected chi connectivity index (χ0v) is 23.8. The lowest BCUT2D eigenvalue weighted by molar-refractivity contribution is -0.870. The Labute approximate surface area is 212 Å². The highest BCUT2D eigenvalue weighted by Gasteiger charge is 2.25. The fourth-order valence-electron chi connectivity index (χ4n) is 5.01. The number of unbranched alkanes of at least 4 members (excludes halogenated alkanes) is 6. The van der Waals surface area contributed by atoms with Crippen molar-refractivity contribution in [2.45, 2.75) is 116 Å². The van der Waals surface area contributed by atoms with Gasteiger partial charge in [0.15, 0.2) is 6.29 Å². The Morgan fingerprint density at radius 1 is 0.765 bits per heavy atom. The van der Waals surface area contributed by atoms with Crippen molar-refractivity contribution < 1.29 is 23.4 Å². The van der Waals surface area contributed by atoms with Gasteiger partial charge in [0.2, 0.25) is 0 Å². The largest absolute Gasteiger partial charge is 0.376 e. The monoisotopic (exact) mass is 486 g/mol. The number of hydrogen-bond donors (Lipinski definition) is 0. The molecular formula is C29H60NO4+. The molecule has 0 saturated heterocycles. The topological polar surface area (TPSA) is 36.9 Å². The summed E-state index contributed by atoms with van der Waals surface area (Å²) in [5, 5.41) is 0. The Morgan fingerprint density at radius 2 is 1.41 bits per heavy atom. The number of methoxy groups -OCH3 is 1. The molecule has 5 heteroatoms. The lowest BCUT2D eigenvalue weighted by Crippen LogP contribution is -2.38. The van der Waals surface area contributed by atoms with Crippen LogP contribution in [-0.4, -0.2) is 78.1 Å². The molecular weight excluding hydrogens is 426 g/mol. The van der Waals surface area contributed by atoms with Gasteiger partial charge in [-0.15, -0.1) is 0 Å². The molecule has 0 bridgehead atoms. The number of ether oxygens (including phenoxy) is 4. The van der Waals surface area contributed by atoms with E-state index in [1.807, 2.05) is 6.92 Å². The number of hydrogen-bond acceptors (Lipinski definition) is 4. The van der Waals surface area contributed by atoms with Crippen LogP contribution in [0.4, 0.5) is 0 Å². The van der Waals surface area contributed by atoms with Gasteiger partial charge in [0.1, 0.15) is 12.6 Å². The molecule has 1 aliphatic carbocycles. The summed E-state index contributed by atoms with van der Waals surface area (Å²) in [5.41, 5.74) is 0. The molecule has 0 amide bonds. The molecule has 3 atom stereocenters. The van der Waals surface area contributed by atoms with Crippen LogP contribution >= 0.6 is 0 Å². The average Bonchev–Trinajstić information content (AvgIpc) is 2.82. The lowest BCUT2D eigenvalue weighted by atomic mass is 9.76. The number of nitrogens with zero attached hydrogens (tertiary/aromatic N) is 1. The number of quaternary nitrogens is 1. The van der Waals surface area contributed by atoms with Crippen molar-refractivity contribution >= 4 is 0 Å². The van der Waals surface area contributed by atoms with E-state index in [1.165, 1.54) is 83.5 Å². The van der Waals surface area contributed by atoms with Gasteiger partial charge in [0.25, 0.3) is 0 Å². The molecule has 0 radical (unpaired) electrons. The van der Waals surface area contributed by atoms with Gasteiger partial charge < -0.3 is 23.4 Å². The molecule has 0 aliphatic heterocycles. The van der Waals surface area contributed by atoms with E-state index < -0.39 is 0 Å². The molecule has 1 saturated carbocycles. The van der Waals surface area contributed by atoms with Crippen molar-refractivity contribution in [1.29, 1.82) is 0 Å². The average molecular weight is 487 g/mol. The molecule has 5 nitrogen and oxygen atoms in total. The Hall–Kier alpha value is -0.200. The van der Waals surface area contributed by atoms with Gasteiger partial charge in [-0.1, -0.05) is 90.4 Å². The van der Waals surface area contributed by atoms with Crippen LogP contribution in [0.3, 0.4) is 0 Å². The minimum absolute atomic E-state index is 0.0810. The van der Waals surface area contributed by atoms with E-state index in [-0.39, 0.29) is 12.4 Å². The van der Waals surface area contributed by atoms with E-state index in [9.17, 15) is 0 Å². The van der Waals surface area contributed by atoms with Crippen molar-refractivity contribution in [2.75, 3.05) is 61.2 Å². The lowest BCUT2D eigenvalue weighted by Gasteiger charge is -2.31. The Morgan fingerprint density at radius 3 is 2.06 bits per heavy atom. The molecule has 3 unspecified atom stereocenters. The molecule has 0 aromatic carbocycles. The molecule has 0 aromatic rings. The zero-order valence-electron chi connectivity index (χ0n) is 23.8. The smallest absolute Gasteiger partial charge is 0.183 e. The fraction of sp³-hybridized carbons (Fsp3) is 1.00. The van der Waals surface area contributed by atoms with Gasteiger partial charge in [-0.05, 0) is 25.2 Å². The summed E-state index contributed by atoms with van der Waals surface area (Å²) in [7, 11) is 8.27. The van der Waals surface area contributed by atoms with E-state index in [0.29, 0.717) is 13.2 Å². The predicted octanol–water partition coefficient (Wildman–Crippen LogP) is 6.83. The van der Waals surface area contributed by atoms with Crippen LogP contribution in [-0.2, 0) is 18.9 Å². The molecule has 1 fully saturated rings. The first kappa shape index (κ1) is 31.8. The van der Waals surface area contributed by atoms with Gasteiger partial charge in [0.05, 0.1) is 47.6 Å². The third kappa shape index (κ3) is 16.5. The molecule has 1 aliphatic rings. The number of rotatable bonds is 22. The van der Waals surface area contributed by atoms with Gasteiger partial charge in [-0.2, -0.15) is 0 Å². The molecule has 0 aromatic heterocycles. The first-order chi connectivity index (χ1) is 16.4. The molecule has 0 N–H and O–H groups in total. The summed E-state index contributed by atoms with van der Waals surface area (Å²) in [6.07, 6.45) is 19.0. The van der Waals surface area contributed by atoms with Gasteiger partial charge in [-0.25, -0.2) is 0 Å². The SMILES string of the molecule is CCCCCCCCCC(CCOC(OCCOCC[N+](C)(C)C)C(C)OC)C1CCCCC1. The first-order valence-electron chi connectivity index (χ1n) is 14.5. The van der Waals surface area contributed by atoms with E-state index in [1.54, 1.807) is 7.11 Å². The maximum atomic E-state index is 6.24. The van der Waals surface area contributed by atoms with Crippen LogP contribution in [0.25, 0.3) is 0 Å². The van der Waals surface area contributed by atoms with Crippen LogP contribution in [0.1, 0.15) is 104 Å². The van der Waals surface area contributed by atoms with Crippen molar-refractivity contribution in [1.82, 2.24) is 0 Å². The minimum Gasteiger partial charge on any atom is -0.376 e. The van der Waals surface area contributed by atoms with Gasteiger partial charge in [0, 0.05) is 7.11 Å². The molecule has 0 spiro atoms. The summed E-state index contributed by atoms with van der Waals surface area (Å²) < 4.78 is 24.5. The fourth-order valence-corrected chi connectivity index (χ4v) is 5.01. The summed E-state index contributed by atoms with van der Waals surface area (Å²) in [6.45, 7) is 7.97. The van der Waals surface area contributed by atoms with Gasteiger partial charge >= 0.3 is 0 Å². The van der Waals surface area contributed by atoms with Crippen LogP contribution in [0.2, 0.25) is 0 Å². The summed E-state index contributed by atoms with van der Waals surface area (Å²) in [4.78, 5) is 0. The summed E-state index contributed by atoms with van der Waals surface area (Å²) >= 11 is 0. The highest BCUT2D eigenvalue weighted by molar-refractivity contribution is 4.74. The van der Waals surface area contributed by atoms with Crippen molar-refractivity contribution in [2.24, 2.45) is 11.8 Å². The van der Waals surface area contributed by atoms with E-state index >= 15 is 0 Å². The maximum absolute atomic E-state index is 6.24. The maximum Gasteiger partial charge on any atom is 0.183 e. The first-order valence-corrected chi connectivity index (χ1v) is 14.5. The van der Waals surface area contributed by atoms with Crippen LogP contribution in [0.15, 0.2) is 0 Å². The second-order valence-corrected chi connectivity index (χ2v) is 11.5. The molecule has 0 heterocycles. The van der Waals surface area contributed by atoms with Crippen LogP contribution < -0.4 is 0 Å². The second kappa shape index (κ2) is 19.9. The van der Waals surface area contributed by atoms with E-state index in [2.05, 4.69) is 28.1 Å². The standard InChI is InChI=1S/C29H60NO4/c1-7-8-9-10-11-12-14-19-28(27-17-15-13-16-18-27)20-22-33-29(26(2)31-6)34-25-24-32-23-21-30(3,4)5/h26-29H,7-25H2,1-6H3/q+1. The highest BCUT2D eigenvalue weighted by Crippen LogP contribution is 2.35. The Bertz CT molecular complexity index is 448. The molecule has 204 valence electrons. The summed E-state index contributed by atoms with van der Waals surface area (Å²) in [5.74, 6) is 1.69. The van der Waals surface area contributed by atoms with Crippen LogP contribution in [0, 0.1) is 11.8 Å². The molecule has 1 rings (SSSR count). The second-order valence-electron chi connectivity index (χ2n) is 11.5. The predicted molar refractivity (Wildman–Crippen MR) is 143 cm³/mol. The van der Waals surface area contributed by atoms with E-state index in [4.69, 9.17) is 18.9 Å². The number of likely N-dealkylation sites (N-methyl/N-ethyl adjacent to an activating group) is 1.